The van der Waals surface area contributed by atoms with Crippen LogP contribution in [0.15, 0.2) is 0 Å². The van der Waals surface area contributed by atoms with Gasteiger partial charge in [-0.25, -0.2) is 5.06 Å². The maximum absolute atomic E-state index is 11.1. The monoisotopic (exact) mass is 239 g/mol. The predicted molar refractivity (Wildman–Crippen MR) is 49.9 cm³/mol. The molecule has 88 valence electrons. The Morgan fingerprint density at radius 1 is 1.33 bits per heavy atom. The van der Waals surface area contributed by atoms with E-state index in [1.165, 1.54) is 0 Å². The van der Waals surface area contributed by atoms with E-state index in [1.807, 2.05) is 0 Å². The topological polar surface area (TPSA) is 90.0 Å². The van der Waals surface area contributed by atoms with E-state index in [0.717, 1.165) is 13.3 Å². The number of carbonyl (C=O) groups is 2. The van der Waals surface area contributed by atoms with E-state index in [2.05, 4.69) is 9.02 Å². The second-order valence-electron chi connectivity index (χ2n) is 2.65. The highest BCUT2D eigenvalue weighted by atomic mass is 32.2. The fourth-order valence-corrected chi connectivity index (χ4v) is 1.18. The van der Waals surface area contributed by atoms with Crippen LogP contribution in [-0.4, -0.2) is 45.3 Å². The molecule has 0 aliphatic rings. The van der Waals surface area contributed by atoms with Crippen molar-refractivity contribution < 1.29 is 27.0 Å². The smallest absolute Gasteiger partial charge is 0.315 e. The predicted octanol–water partition coefficient (Wildman–Crippen LogP) is -0.711. The van der Waals surface area contributed by atoms with Crippen LogP contribution >= 0.6 is 0 Å². The van der Waals surface area contributed by atoms with Crippen molar-refractivity contribution in [2.75, 3.05) is 19.9 Å². The number of amides is 1. The van der Waals surface area contributed by atoms with Crippen LogP contribution in [0.3, 0.4) is 0 Å². The summed E-state index contributed by atoms with van der Waals surface area (Å²) in [7, 11) is -2.66. The number of ether oxygens (including phenoxy) is 1. The minimum Gasteiger partial charge on any atom is -0.466 e. The molecule has 1 amide bonds. The van der Waals surface area contributed by atoms with Crippen LogP contribution in [0.4, 0.5) is 0 Å². The van der Waals surface area contributed by atoms with E-state index < -0.39 is 28.4 Å². The second-order valence-corrected chi connectivity index (χ2v) is 4.21. The number of nitrogens with zero attached hydrogens (tertiary/aromatic N) is 1. The maximum atomic E-state index is 11.1. The van der Waals surface area contributed by atoms with Gasteiger partial charge in [0.15, 0.2) is 0 Å². The number of hydrogen-bond acceptors (Lipinski definition) is 6. The highest BCUT2D eigenvalue weighted by Gasteiger charge is 2.18. The van der Waals surface area contributed by atoms with E-state index in [0.29, 0.717) is 5.06 Å². The molecule has 0 aromatic carbocycles. The van der Waals surface area contributed by atoms with Crippen LogP contribution in [0.25, 0.3) is 0 Å². The molecule has 0 bridgehead atoms. The zero-order valence-electron chi connectivity index (χ0n) is 8.72. The molecule has 8 heteroatoms. The molecule has 0 atom stereocenters. The van der Waals surface area contributed by atoms with Crippen LogP contribution in [0.5, 0.6) is 0 Å². The molecular weight excluding hydrogens is 226 g/mol. The first-order valence-electron chi connectivity index (χ1n) is 4.08. The van der Waals surface area contributed by atoms with Crippen LogP contribution in [0.1, 0.15) is 13.3 Å². The average Bonchev–Trinajstić information content (AvgIpc) is 2.00. The number of carbonyl (C=O) groups excluding carboxylic acids is 2. The van der Waals surface area contributed by atoms with Gasteiger partial charge in [0.05, 0.1) is 12.9 Å². The minimum absolute atomic E-state index is 0.156. The van der Waals surface area contributed by atoms with Gasteiger partial charge in [-0.2, -0.15) is 8.42 Å². The number of hydroxylamine groups is 2. The third-order valence-corrected chi connectivity index (χ3v) is 1.69. The summed E-state index contributed by atoms with van der Waals surface area (Å²) < 4.78 is 30.0. The Morgan fingerprint density at radius 3 is 2.27 bits per heavy atom. The molecular formula is C7H13NO6S. The molecule has 0 rings (SSSR count). The lowest BCUT2D eigenvalue weighted by Crippen LogP contribution is -2.31. The van der Waals surface area contributed by atoms with Crippen molar-refractivity contribution in [1.29, 1.82) is 0 Å². The first kappa shape index (κ1) is 13.8. The third-order valence-electron chi connectivity index (χ3n) is 1.20. The zero-order valence-corrected chi connectivity index (χ0v) is 9.54. The van der Waals surface area contributed by atoms with Crippen molar-refractivity contribution in [2.45, 2.75) is 13.3 Å². The Labute approximate surface area is 88.0 Å². The van der Waals surface area contributed by atoms with Gasteiger partial charge in [-0.3, -0.25) is 9.59 Å². The van der Waals surface area contributed by atoms with Crippen LogP contribution in [0.2, 0.25) is 0 Å². The Balaban J connectivity index is 4.17. The Kier molecular flexibility index (Phi) is 5.23. The molecule has 0 aromatic rings. The molecule has 0 radical (unpaired) electrons. The van der Waals surface area contributed by atoms with Crippen molar-refractivity contribution in [3.8, 4) is 0 Å². The molecule has 0 aliphatic carbocycles. The lowest BCUT2D eigenvalue weighted by atomic mass is 10.4. The Morgan fingerprint density at radius 2 is 1.87 bits per heavy atom. The second kappa shape index (κ2) is 5.66. The lowest BCUT2D eigenvalue weighted by Gasteiger charge is -2.13. The summed E-state index contributed by atoms with van der Waals surface area (Å²) in [5, 5.41) is 0.478. The molecule has 0 heterocycles. The summed E-state index contributed by atoms with van der Waals surface area (Å²) in [5.41, 5.74) is 0. The molecule has 0 fully saturated rings. The lowest BCUT2D eigenvalue weighted by molar-refractivity contribution is -0.159. The minimum atomic E-state index is -3.76. The molecule has 15 heavy (non-hydrogen) atoms. The Bertz CT molecular complexity index is 335. The molecule has 0 spiro atoms. The molecule has 0 aliphatic heterocycles. The van der Waals surface area contributed by atoms with Gasteiger partial charge in [0, 0.05) is 7.05 Å². The third kappa shape index (κ3) is 6.86. The highest BCUT2D eigenvalue weighted by Crippen LogP contribution is 1.98. The largest absolute Gasteiger partial charge is 0.466 e. The van der Waals surface area contributed by atoms with Gasteiger partial charge < -0.3 is 4.74 Å². The summed E-state index contributed by atoms with van der Waals surface area (Å²) in [6, 6.07) is 0. The molecule has 0 aromatic heterocycles. The number of esters is 1. The van der Waals surface area contributed by atoms with Crippen LogP contribution in [0, 0.1) is 0 Å². The van der Waals surface area contributed by atoms with Crippen LogP contribution < -0.4 is 0 Å². The first-order chi connectivity index (χ1) is 6.76. The van der Waals surface area contributed by atoms with Gasteiger partial charge in [0.2, 0.25) is 0 Å². The van der Waals surface area contributed by atoms with Gasteiger partial charge in [-0.15, -0.1) is 4.28 Å². The summed E-state index contributed by atoms with van der Waals surface area (Å²) >= 11 is 0. The van der Waals surface area contributed by atoms with Crippen molar-refractivity contribution in [3.05, 3.63) is 0 Å². The molecule has 7 nitrogen and oxygen atoms in total. The normalized spacial score (nSPS) is 10.9. The summed E-state index contributed by atoms with van der Waals surface area (Å²) in [5.74, 6) is -1.52. The fourth-order valence-electron chi connectivity index (χ4n) is 0.691. The van der Waals surface area contributed by atoms with Crippen LogP contribution in [-0.2, 0) is 28.7 Å². The quantitative estimate of drug-likeness (QED) is 0.357. The zero-order chi connectivity index (χ0) is 12.1. The van der Waals surface area contributed by atoms with Crippen molar-refractivity contribution in [1.82, 2.24) is 5.06 Å². The van der Waals surface area contributed by atoms with Crippen molar-refractivity contribution >= 4 is 22.0 Å². The van der Waals surface area contributed by atoms with Gasteiger partial charge >= 0.3 is 5.97 Å². The SMILES string of the molecule is CCOC(=O)CC(=O)N(C)OS(C)(=O)=O. The number of rotatable bonds is 5. The number of hydrogen-bond donors (Lipinski definition) is 0. The maximum Gasteiger partial charge on any atom is 0.315 e. The van der Waals surface area contributed by atoms with E-state index in [4.69, 9.17) is 0 Å². The summed E-state index contributed by atoms with van der Waals surface area (Å²) in [6.07, 6.45) is 0.237. The van der Waals surface area contributed by atoms with E-state index in [1.54, 1.807) is 6.92 Å². The molecule has 0 saturated heterocycles. The summed E-state index contributed by atoms with van der Waals surface area (Å²) in [4.78, 5) is 22.0. The standard InChI is InChI=1S/C7H13NO6S/c1-4-13-7(10)5-6(9)8(2)14-15(3,11)12/h4-5H2,1-3H3. The van der Waals surface area contributed by atoms with Gasteiger partial charge in [-0.1, -0.05) is 0 Å². The van der Waals surface area contributed by atoms with Gasteiger partial charge in [0.25, 0.3) is 16.0 Å². The van der Waals surface area contributed by atoms with Gasteiger partial charge in [-0.05, 0) is 6.92 Å². The summed E-state index contributed by atoms with van der Waals surface area (Å²) in [6.45, 7) is 1.75. The molecule has 0 N–H and O–H groups in total. The van der Waals surface area contributed by atoms with Crippen molar-refractivity contribution in [2.24, 2.45) is 0 Å². The van der Waals surface area contributed by atoms with Crippen molar-refractivity contribution in [3.63, 3.8) is 0 Å². The highest BCUT2D eigenvalue weighted by molar-refractivity contribution is 7.85. The Hall–Kier alpha value is -1.15. The molecule has 0 unspecified atom stereocenters. The fraction of sp³-hybridized carbons (Fsp3) is 0.714. The van der Waals surface area contributed by atoms with E-state index in [-0.39, 0.29) is 6.61 Å². The van der Waals surface area contributed by atoms with E-state index >= 15 is 0 Å². The van der Waals surface area contributed by atoms with E-state index in [9.17, 15) is 18.0 Å². The average molecular weight is 239 g/mol. The first-order valence-corrected chi connectivity index (χ1v) is 5.89. The molecule has 0 saturated carbocycles. The van der Waals surface area contributed by atoms with Gasteiger partial charge in [0.1, 0.15) is 6.42 Å².